The van der Waals surface area contributed by atoms with Gasteiger partial charge in [0.1, 0.15) is 5.76 Å². The Labute approximate surface area is 181 Å². The molecule has 0 aliphatic heterocycles. The van der Waals surface area contributed by atoms with E-state index in [1.807, 2.05) is 48.5 Å². The van der Waals surface area contributed by atoms with Crippen LogP contribution in [0.4, 0.5) is 0 Å². The number of halogens is 2. The SMILES string of the molecule is O/C(=C\C(=NCC1CCCCC1)c1ccccc1)c1ccccc1.[Cl][Zr][Cl]. The minimum atomic E-state index is -0.826. The summed E-state index contributed by atoms with van der Waals surface area (Å²) in [6.07, 6.45) is 8.37. The Bertz CT molecular complexity index is 714. The van der Waals surface area contributed by atoms with E-state index in [4.69, 9.17) is 22.0 Å². The molecule has 0 spiro atoms. The molecule has 3 rings (SSSR count). The van der Waals surface area contributed by atoms with Gasteiger partial charge in [0.15, 0.2) is 0 Å². The summed E-state index contributed by atoms with van der Waals surface area (Å²) < 4.78 is 0. The van der Waals surface area contributed by atoms with E-state index < -0.39 is 20.8 Å². The quantitative estimate of drug-likeness (QED) is 0.361. The molecule has 2 aromatic rings. The Morgan fingerprint density at radius 2 is 1.44 bits per heavy atom. The molecule has 0 unspecified atom stereocenters. The van der Waals surface area contributed by atoms with Crippen LogP contribution in [0, 0.1) is 5.92 Å². The first-order valence-corrected chi connectivity index (χ1v) is 15.6. The summed E-state index contributed by atoms with van der Waals surface area (Å²) in [7, 11) is 9.87. The number of hydrogen-bond acceptors (Lipinski definition) is 2. The molecule has 1 saturated carbocycles. The summed E-state index contributed by atoms with van der Waals surface area (Å²) in [5.74, 6) is 0.951. The third-order valence-corrected chi connectivity index (χ3v) is 4.66. The number of benzene rings is 2. The molecule has 142 valence electrons. The van der Waals surface area contributed by atoms with Crippen LogP contribution in [-0.2, 0) is 20.8 Å². The summed E-state index contributed by atoms with van der Waals surface area (Å²) in [5.41, 5.74) is 2.73. The van der Waals surface area contributed by atoms with Crippen molar-refractivity contribution in [2.45, 2.75) is 32.1 Å². The molecule has 0 heterocycles. The van der Waals surface area contributed by atoms with Gasteiger partial charge in [-0.05, 0) is 24.3 Å². The summed E-state index contributed by atoms with van der Waals surface area (Å²) in [6.45, 7) is 0.850. The first-order valence-electron chi connectivity index (χ1n) is 9.26. The van der Waals surface area contributed by atoms with Gasteiger partial charge in [0, 0.05) is 18.2 Å². The molecule has 0 aromatic heterocycles. The van der Waals surface area contributed by atoms with E-state index in [0.717, 1.165) is 23.4 Å². The van der Waals surface area contributed by atoms with Gasteiger partial charge in [0.25, 0.3) is 0 Å². The van der Waals surface area contributed by atoms with Crippen LogP contribution in [-0.4, -0.2) is 17.4 Å². The normalized spacial score (nSPS) is 15.6. The third kappa shape index (κ3) is 8.34. The maximum absolute atomic E-state index is 10.5. The zero-order valence-corrected chi connectivity index (χ0v) is 19.3. The minimum absolute atomic E-state index is 0.266. The van der Waals surface area contributed by atoms with Crippen LogP contribution in [0.1, 0.15) is 43.2 Å². The van der Waals surface area contributed by atoms with Crippen molar-refractivity contribution >= 4 is 28.5 Å². The number of allylic oxidation sites excluding steroid dienone is 1. The van der Waals surface area contributed by atoms with Crippen LogP contribution >= 0.6 is 17.0 Å². The number of rotatable bonds is 5. The molecular formula is C22H25Cl2NOZr. The van der Waals surface area contributed by atoms with Gasteiger partial charge in [-0.15, -0.1) is 0 Å². The third-order valence-electron chi connectivity index (χ3n) is 4.66. The fourth-order valence-corrected chi connectivity index (χ4v) is 3.25. The topological polar surface area (TPSA) is 32.6 Å². The first-order chi connectivity index (χ1) is 13.2. The van der Waals surface area contributed by atoms with Gasteiger partial charge in [-0.25, -0.2) is 0 Å². The van der Waals surface area contributed by atoms with Gasteiger partial charge < -0.3 is 5.11 Å². The van der Waals surface area contributed by atoms with Crippen molar-refractivity contribution in [3.63, 3.8) is 0 Å². The van der Waals surface area contributed by atoms with Crippen LogP contribution in [0.5, 0.6) is 0 Å². The predicted octanol–water partition coefficient (Wildman–Crippen LogP) is 7.03. The summed E-state index contributed by atoms with van der Waals surface area (Å²) in [6, 6.07) is 19.8. The van der Waals surface area contributed by atoms with E-state index in [-0.39, 0.29) is 5.76 Å². The van der Waals surface area contributed by atoms with Gasteiger partial charge in [0.2, 0.25) is 0 Å². The first kappa shape index (κ1) is 22.4. The second-order valence-corrected chi connectivity index (χ2v) is 10.3. The second kappa shape index (κ2) is 13.3. The molecule has 1 aliphatic carbocycles. The van der Waals surface area contributed by atoms with E-state index >= 15 is 0 Å². The number of aliphatic hydroxyl groups is 1. The van der Waals surface area contributed by atoms with Crippen LogP contribution in [0.3, 0.4) is 0 Å². The molecule has 5 heteroatoms. The van der Waals surface area contributed by atoms with Crippen LogP contribution < -0.4 is 0 Å². The van der Waals surface area contributed by atoms with Crippen LogP contribution in [0.15, 0.2) is 71.7 Å². The average molecular weight is 482 g/mol. The number of nitrogens with zero attached hydrogens (tertiary/aromatic N) is 1. The summed E-state index contributed by atoms with van der Waals surface area (Å²) in [4.78, 5) is 4.86. The van der Waals surface area contributed by atoms with Crippen molar-refractivity contribution in [2.24, 2.45) is 10.9 Å². The van der Waals surface area contributed by atoms with Crippen molar-refractivity contribution < 1.29 is 26.0 Å². The average Bonchev–Trinajstić information content (AvgIpc) is 2.73. The van der Waals surface area contributed by atoms with E-state index in [2.05, 4.69) is 12.1 Å². The molecule has 0 saturated heterocycles. The number of hydrogen-bond donors (Lipinski definition) is 1. The molecule has 1 aliphatic rings. The molecule has 0 bridgehead atoms. The van der Waals surface area contributed by atoms with Gasteiger partial charge >= 0.3 is 37.9 Å². The van der Waals surface area contributed by atoms with Crippen LogP contribution in [0.25, 0.3) is 5.76 Å². The standard InChI is InChI=1S/C22H25NO.2ClH.Zr/c24-22(20-14-8-3-9-15-20)16-21(19-12-6-2-7-13-19)23-17-18-10-4-1-5-11-18;;;/h2-3,6-9,12-16,18,24H,1,4-5,10-11,17H2;2*1H;/q;;;+2/p-2/b22-16-,23-21?;;;. The van der Waals surface area contributed by atoms with Crippen LogP contribution in [0.2, 0.25) is 0 Å². The molecule has 0 amide bonds. The fourth-order valence-electron chi connectivity index (χ4n) is 3.25. The second-order valence-electron chi connectivity index (χ2n) is 6.56. The molecule has 0 radical (unpaired) electrons. The Balaban J connectivity index is 0.000000817. The monoisotopic (exact) mass is 479 g/mol. The van der Waals surface area contributed by atoms with Crippen molar-refractivity contribution in [3.8, 4) is 0 Å². The van der Waals surface area contributed by atoms with E-state index in [9.17, 15) is 5.11 Å². The molecule has 2 nitrogen and oxygen atoms in total. The molecule has 2 aromatic carbocycles. The Morgan fingerprint density at radius 1 is 0.926 bits per heavy atom. The van der Waals surface area contributed by atoms with E-state index in [1.54, 1.807) is 6.08 Å². The van der Waals surface area contributed by atoms with Gasteiger partial charge in [-0.3, -0.25) is 4.99 Å². The number of aliphatic hydroxyl groups excluding tert-OH is 1. The Kier molecular flexibility index (Phi) is 11.0. The number of aliphatic imine (C=N–C) groups is 1. The van der Waals surface area contributed by atoms with E-state index in [1.165, 1.54) is 32.1 Å². The molecule has 27 heavy (non-hydrogen) atoms. The summed E-state index contributed by atoms with van der Waals surface area (Å²) >= 11 is -0.826. The zero-order chi connectivity index (χ0) is 19.3. The molecular weight excluding hydrogens is 456 g/mol. The van der Waals surface area contributed by atoms with Crippen molar-refractivity contribution in [3.05, 3.63) is 77.9 Å². The van der Waals surface area contributed by atoms with Crippen molar-refractivity contribution in [2.75, 3.05) is 6.54 Å². The van der Waals surface area contributed by atoms with Gasteiger partial charge in [-0.1, -0.05) is 79.9 Å². The fraction of sp³-hybridized carbons (Fsp3) is 0.318. The Hall–Kier alpha value is -0.887. The van der Waals surface area contributed by atoms with Gasteiger partial charge in [-0.2, -0.15) is 0 Å². The molecule has 1 N–H and O–H groups in total. The van der Waals surface area contributed by atoms with Gasteiger partial charge in [0.05, 0.1) is 5.71 Å². The molecule has 1 fully saturated rings. The Morgan fingerprint density at radius 3 is 2.00 bits per heavy atom. The summed E-state index contributed by atoms with van der Waals surface area (Å²) in [5, 5.41) is 10.5. The van der Waals surface area contributed by atoms with Crippen molar-refractivity contribution in [1.82, 2.24) is 0 Å². The predicted molar refractivity (Wildman–Crippen MR) is 113 cm³/mol. The maximum atomic E-state index is 10.5. The van der Waals surface area contributed by atoms with Crippen molar-refractivity contribution in [1.29, 1.82) is 0 Å². The molecule has 0 atom stereocenters. The zero-order valence-electron chi connectivity index (χ0n) is 15.3. The van der Waals surface area contributed by atoms with E-state index in [0.29, 0.717) is 5.92 Å².